The number of hydrogen-bond acceptors (Lipinski definition) is 5. The van der Waals surface area contributed by atoms with Gasteiger partial charge in [0.1, 0.15) is 5.52 Å². The molecule has 3 aromatic rings. The highest BCUT2D eigenvalue weighted by atomic mass is 32.2. The summed E-state index contributed by atoms with van der Waals surface area (Å²) in [4.78, 5) is 12.8. The number of rotatable bonds is 10. The van der Waals surface area contributed by atoms with Crippen molar-refractivity contribution in [2.24, 2.45) is 0 Å². The van der Waals surface area contributed by atoms with Crippen LogP contribution in [0.2, 0.25) is 0 Å². The maximum absolute atomic E-state index is 12.6. The Morgan fingerprint density at radius 1 is 0.931 bits per heavy atom. The van der Waals surface area contributed by atoms with Crippen LogP contribution in [-0.4, -0.2) is 30.0 Å². The molecule has 3 rings (SSSR count). The van der Waals surface area contributed by atoms with Crippen LogP contribution in [-0.2, 0) is 10.0 Å². The Kier molecular flexibility index (Phi) is 7.11. The first-order chi connectivity index (χ1) is 14.0. The summed E-state index contributed by atoms with van der Waals surface area (Å²) in [5, 5.41) is 8.46. The topological polar surface area (TPSA) is 93.9 Å². The summed E-state index contributed by atoms with van der Waals surface area (Å²) in [5.74, 6) is 0. The van der Waals surface area contributed by atoms with Gasteiger partial charge in [0, 0.05) is 6.54 Å². The molecule has 0 atom stereocenters. The van der Waals surface area contributed by atoms with Crippen LogP contribution in [0.5, 0.6) is 0 Å². The van der Waals surface area contributed by atoms with Crippen molar-refractivity contribution in [1.82, 2.24) is 19.7 Å². The van der Waals surface area contributed by atoms with Gasteiger partial charge in [0.05, 0.1) is 16.0 Å². The molecule has 0 bridgehead atoms. The van der Waals surface area contributed by atoms with Crippen LogP contribution < -0.4 is 10.3 Å². The minimum absolute atomic E-state index is 0.161. The van der Waals surface area contributed by atoms with Gasteiger partial charge in [-0.05, 0) is 42.8 Å². The third-order valence-corrected chi connectivity index (χ3v) is 6.26. The van der Waals surface area contributed by atoms with E-state index in [0.29, 0.717) is 23.1 Å². The number of unbranched alkanes of at least 4 members (excludes halogenated alkanes) is 5. The van der Waals surface area contributed by atoms with E-state index in [9.17, 15) is 13.2 Å². The molecule has 7 nitrogen and oxygen atoms in total. The van der Waals surface area contributed by atoms with Crippen molar-refractivity contribution < 1.29 is 8.42 Å². The van der Waals surface area contributed by atoms with E-state index in [4.69, 9.17) is 0 Å². The van der Waals surface area contributed by atoms with E-state index >= 15 is 0 Å². The Morgan fingerprint density at radius 2 is 1.62 bits per heavy atom. The van der Waals surface area contributed by atoms with E-state index in [1.54, 1.807) is 36.4 Å². The smallest absolute Gasteiger partial charge is 0.267 e. The van der Waals surface area contributed by atoms with E-state index in [-0.39, 0.29) is 10.5 Å². The van der Waals surface area contributed by atoms with Crippen molar-refractivity contribution in [3.63, 3.8) is 0 Å². The fourth-order valence-electron chi connectivity index (χ4n) is 3.12. The molecule has 0 spiro atoms. The molecular formula is C21H26N4O3S. The normalized spacial score (nSPS) is 11.8. The van der Waals surface area contributed by atoms with Crippen molar-refractivity contribution >= 4 is 20.9 Å². The molecular weight excluding hydrogens is 388 g/mol. The van der Waals surface area contributed by atoms with Gasteiger partial charge in [-0.25, -0.2) is 13.1 Å². The third kappa shape index (κ3) is 5.27. The van der Waals surface area contributed by atoms with Crippen molar-refractivity contribution in [2.45, 2.75) is 50.3 Å². The Bertz CT molecular complexity index is 1110. The number of aromatic nitrogens is 3. The number of sulfonamides is 1. The van der Waals surface area contributed by atoms with Crippen LogP contribution in [0.4, 0.5) is 0 Å². The van der Waals surface area contributed by atoms with Crippen LogP contribution in [0.15, 0.2) is 58.2 Å². The number of fused-ring (bicyclic) bond motifs is 1. The summed E-state index contributed by atoms with van der Waals surface area (Å²) in [7, 11) is -3.57. The van der Waals surface area contributed by atoms with Crippen molar-refractivity contribution in [2.75, 3.05) is 6.54 Å². The van der Waals surface area contributed by atoms with Crippen LogP contribution >= 0.6 is 0 Å². The second kappa shape index (κ2) is 9.76. The highest BCUT2D eigenvalue weighted by Gasteiger charge is 2.14. The lowest BCUT2D eigenvalue weighted by Gasteiger charge is -2.08. The van der Waals surface area contributed by atoms with Gasteiger partial charge in [0.15, 0.2) is 0 Å². The lowest BCUT2D eigenvalue weighted by atomic mass is 10.1. The second-order valence-corrected chi connectivity index (χ2v) is 8.75. The number of hydrogen-bond donors (Lipinski definition) is 1. The highest BCUT2D eigenvalue weighted by molar-refractivity contribution is 7.89. The van der Waals surface area contributed by atoms with Gasteiger partial charge in [-0.1, -0.05) is 56.4 Å². The molecule has 2 aromatic carbocycles. The summed E-state index contributed by atoms with van der Waals surface area (Å²) in [6, 6.07) is 13.0. The molecule has 154 valence electrons. The fraction of sp³-hybridized carbons (Fsp3) is 0.381. The van der Waals surface area contributed by atoms with E-state index < -0.39 is 10.0 Å². The van der Waals surface area contributed by atoms with E-state index in [1.165, 1.54) is 36.1 Å². The van der Waals surface area contributed by atoms with Crippen molar-refractivity contribution in [1.29, 1.82) is 0 Å². The molecule has 1 N–H and O–H groups in total. The number of nitrogens with one attached hydrogen (secondary N) is 1. The summed E-state index contributed by atoms with van der Waals surface area (Å²) in [6.07, 6.45) is 6.59. The number of benzene rings is 2. The van der Waals surface area contributed by atoms with E-state index in [1.807, 2.05) is 0 Å². The standard InChI is InChI=1S/C21H26N4O3S/c1-2-3-4-5-6-9-16-22-29(27,28)18-14-12-17(13-15-18)25-21(26)19-10-7-8-11-20(19)23-24-25/h7-8,10-15,22H,2-6,9,16H2,1H3. The molecule has 0 fully saturated rings. The molecule has 0 saturated heterocycles. The van der Waals surface area contributed by atoms with Crippen LogP contribution in [0.1, 0.15) is 45.4 Å². The van der Waals surface area contributed by atoms with Gasteiger partial charge in [0.25, 0.3) is 5.56 Å². The minimum Gasteiger partial charge on any atom is -0.267 e. The van der Waals surface area contributed by atoms with Gasteiger partial charge >= 0.3 is 0 Å². The van der Waals surface area contributed by atoms with E-state index in [2.05, 4.69) is 22.0 Å². The molecule has 29 heavy (non-hydrogen) atoms. The first-order valence-electron chi connectivity index (χ1n) is 9.98. The average molecular weight is 415 g/mol. The molecule has 0 aliphatic rings. The zero-order valence-corrected chi connectivity index (χ0v) is 17.4. The molecule has 0 unspecified atom stereocenters. The van der Waals surface area contributed by atoms with Gasteiger partial charge in [0.2, 0.25) is 10.0 Å². The lowest BCUT2D eigenvalue weighted by molar-refractivity contribution is 0.567. The zero-order chi connectivity index (χ0) is 20.7. The Morgan fingerprint density at radius 3 is 2.38 bits per heavy atom. The monoisotopic (exact) mass is 414 g/mol. The van der Waals surface area contributed by atoms with Crippen molar-refractivity contribution in [3.05, 3.63) is 58.9 Å². The Hall–Kier alpha value is -2.58. The first kappa shape index (κ1) is 21.1. The largest absolute Gasteiger partial charge is 0.282 e. The fourth-order valence-corrected chi connectivity index (χ4v) is 4.19. The molecule has 8 heteroatoms. The summed E-state index contributed by atoms with van der Waals surface area (Å²) >= 11 is 0. The first-order valence-corrected chi connectivity index (χ1v) is 11.5. The van der Waals surface area contributed by atoms with E-state index in [0.717, 1.165) is 19.3 Å². The molecule has 0 saturated carbocycles. The Labute approximate surface area is 170 Å². The minimum atomic E-state index is -3.57. The average Bonchev–Trinajstić information content (AvgIpc) is 2.74. The van der Waals surface area contributed by atoms with Crippen LogP contribution in [0.25, 0.3) is 16.6 Å². The second-order valence-electron chi connectivity index (χ2n) is 6.98. The molecule has 0 aliphatic heterocycles. The summed E-state index contributed by atoms with van der Waals surface area (Å²) in [5.41, 5.74) is 0.683. The third-order valence-electron chi connectivity index (χ3n) is 4.78. The molecule has 0 radical (unpaired) electrons. The summed E-state index contributed by atoms with van der Waals surface area (Å²) in [6.45, 7) is 2.59. The van der Waals surface area contributed by atoms with Crippen LogP contribution in [0.3, 0.4) is 0 Å². The molecule has 0 amide bonds. The molecule has 1 aromatic heterocycles. The molecule has 1 heterocycles. The van der Waals surface area contributed by atoms with Crippen molar-refractivity contribution in [3.8, 4) is 5.69 Å². The lowest BCUT2D eigenvalue weighted by Crippen LogP contribution is -2.25. The SMILES string of the molecule is CCCCCCCCNS(=O)(=O)c1ccc(-n2nnc3ccccc3c2=O)cc1. The Balaban J connectivity index is 1.67. The zero-order valence-electron chi connectivity index (χ0n) is 16.5. The quantitative estimate of drug-likeness (QED) is 0.513. The number of nitrogens with zero attached hydrogens (tertiary/aromatic N) is 3. The maximum atomic E-state index is 12.6. The van der Waals surface area contributed by atoms with Gasteiger partial charge in [-0.2, -0.15) is 4.68 Å². The predicted octanol–water partition coefficient (Wildman–Crippen LogP) is 3.42. The predicted molar refractivity (Wildman–Crippen MR) is 114 cm³/mol. The molecule has 0 aliphatic carbocycles. The van der Waals surface area contributed by atoms with Gasteiger partial charge in [-0.15, -0.1) is 5.10 Å². The van der Waals surface area contributed by atoms with Gasteiger partial charge < -0.3 is 0 Å². The highest BCUT2D eigenvalue weighted by Crippen LogP contribution is 2.13. The van der Waals surface area contributed by atoms with Crippen LogP contribution in [0, 0.1) is 0 Å². The summed E-state index contributed by atoms with van der Waals surface area (Å²) < 4.78 is 28.7. The maximum Gasteiger partial charge on any atom is 0.282 e. The van der Waals surface area contributed by atoms with Gasteiger partial charge in [-0.3, -0.25) is 4.79 Å².